The molecule has 0 atom stereocenters. The highest BCUT2D eigenvalue weighted by molar-refractivity contribution is 6.08. The molecule has 4 bridgehead atoms. The van der Waals surface area contributed by atoms with Gasteiger partial charge in [0.05, 0.1) is 38.4 Å². The van der Waals surface area contributed by atoms with E-state index in [9.17, 15) is 53.1 Å². The van der Waals surface area contributed by atoms with Crippen LogP contribution in [-0.2, 0) is 83.8 Å². The summed E-state index contributed by atoms with van der Waals surface area (Å²) in [5.41, 5.74) is -10.2. The van der Waals surface area contributed by atoms with Crippen molar-refractivity contribution in [2.75, 3.05) is 22.5 Å². The lowest BCUT2D eigenvalue weighted by Crippen LogP contribution is -2.71. The van der Waals surface area contributed by atoms with Crippen LogP contribution in [0.4, 0.5) is 17.1 Å². The van der Waals surface area contributed by atoms with E-state index < -0.39 is 122 Å². The highest BCUT2D eigenvalue weighted by atomic mass is 16.6. The minimum absolute atomic E-state index is 0.00922. The Balaban J connectivity index is 0.745. The van der Waals surface area contributed by atoms with E-state index in [1.807, 2.05) is 0 Å². The summed E-state index contributed by atoms with van der Waals surface area (Å²) in [6, 6.07) is 40.4. The van der Waals surface area contributed by atoms with E-state index in [0.717, 1.165) is 0 Å². The van der Waals surface area contributed by atoms with E-state index in [4.69, 9.17) is 56.8 Å². The van der Waals surface area contributed by atoms with Crippen molar-refractivity contribution in [2.24, 2.45) is 21.7 Å². The number of rotatable bonds is 19. The largest absolute Gasteiger partial charge is 0.481 e. The third-order valence-electron chi connectivity index (χ3n) is 23.9. The molecule has 9 aromatic carbocycles. The highest BCUT2D eigenvalue weighted by Crippen LogP contribution is 2.75. The number of esters is 9. The summed E-state index contributed by atoms with van der Waals surface area (Å²) < 4.78 is 71.3. The molecule has 10 aliphatic rings. The molecular weight excluding hydrogens is 1590 g/mol. The topological polar surface area (TPSA) is 418 Å². The summed E-state index contributed by atoms with van der Waals surface area (Å²) in [5.74, 6) is -9.28. The fourth-order valence-corrected chi connectivity index (χ4v) is 20.0. The molecule has 123 heavy (non-hydrogen) atoms. The second kappa shape index (κ2) is 28.9. The Morgan fingerprint density at radius 1 is 0.309 bits per heavy atom. The molecule has 19 rings (SSSR count). The van der Waals surface area contributed by atoms with E-state index in [2.05, 4.69) is 21.3 Å². The molecule has 4 amide bonds. The van der Waals surface area contributed by atoms with Crippen molar-refractivity contribution in [1.82, 2.24) is 5.32 Å². The molecule has 31 nitrogen and oxygen atoms in total. The minimum atomic E-state index is -1.87. The van der Waals surface area contributed by atoms with E-state index >= 15 is 19.2 Å². The van der Waals surface area contributed by atoms with Gasteiger partial charge in [-0.15, -0.1) is 0 Å². The number of aliphatic carboxylic acids is 1. The van der Waals surface area contributed by atoms with Gasteiger partial charge in [-0.05, 0) is 161 Å². The number of ether oxygens (including phenoxy) is 12. The first-order valence-corrected chi connectivity index (χ1v) is 39.3. The van der Waals surface area contributed by atoms with Crippen LogP contribution in [0, 0.1) is 21.7 Å². The molecule has 4 aliphatic carbocycles. The Kier molecular flexibility index (Phi) is 18.6. The van der Waals surface area contributed by atoms with Crippen LogP contribution in [0.25, 0.3) is 0 Å². The predicted octanol–water partition coefficient (Wildman–Crippen LogP) is 13.2. The third kappa shape index (κ3) is 13.1. The van der Waals surface area contributed by atoms with E-state index in [-0.39, 0.29) is 177 Å². The molecule has 9 aromatic rings. The maximum absolute atomic E-state index is 16.6. The van der Waals surface area contributed by atoms with E-state index in [1.165, 1.54) is 151 Å². The number of hydrogen-bond acceptors (Lipinski definition) is 26. The lowest BCUT2D eigenvalue weighted by Gasteiger charge is -2.67. The van der Waals surface area contributed by atoms with Gasteiger partial charge in [0.1, 0.15) is 69.0 Å². The zero-order valence-electron chi connectivity index (χ0n) is 66.4. The maximum atomic E-state index is 16.6. The lowest BCUT2D eigenvalue weighted by molar-refractivity contribution is -0.203. The summed E-state index contributed by atoms with van der Waals surface area (Å²) in [5, 5.41) is 21.7. The SMILES string of the molecule is CC(=O)Oc1ccc2c(c1)Oc1cc(OC(C)=O)ccc1C21OC(=O)c2cc(NC(=O)C34CC5(C(=O)NCCCCCC(=O)O)CC(C(=O)Nc6ccc7c(c6)C(=O)OC76c7ccc(OC(C)=O)cc7Oc7cc(OC(C)=O)ccc76)(C3)CC(C(=O)Nc3ccc6c(c3)C(=O)OC63c6ccc(OC(C)=O)cc6Oc6cc(OC(C)=O)ccc63)(C5)C4)ccc21. The fourth-order valence-electron chi connectivity index (χ4n) is 20.0. The van der Waals surface area contributed by atoms with Gasteiger partial charge >= 0.3 is 59.7 Å². The summed E-state index contributed by atoms with van der Waals surface area (Å²) in [7, 11) is 0. The maximum Gasteiger partial charge on any atom is 0.340 e. The molecular formula is C92H72N4O27. The zero-order chi connectivity index (χ0) is 86.4. The minimum Gasteiger partial charge on any atom is -0.481 e. The first-order valence-electron chi connectivity index (χ1n) is 39.3. The zero-order valence-corrected chi connectivity index (χ0v) is 66.4. The Hall–Kier alpha value is -15.0. The molecule has 0 radical (unpaired) electrons. The number of carbonyl (C=O) groups is 14. The second-order valence-corrected chi connectivity index (χ2v) is 32.3. The number of carboxylic acid groups (broad SMARTS) is 1. The Morgan fingerprint density at radius 2 is 0.545 bits per heavy atom. The second-order valence-electron chi connectivity index (χ2n) is 32.3. The summed E-state index contributed by atoms with van der Waals surface area (Å²) >= 11 is 0. The fraction of sp³-hybridized carbons (Fsp3) is 0.261. The molecule has 0 unspecified atom stereocenters. The van der Waals surface area contributed by atoms with Crippen molar-refractivity contribution in [3.63, 3.8) is 0 Å². The van der Waals surface area contributed by atoms with Gasteiger partial charge in [0, 0.05) is 158 Å². The van der Waals surface area contributed by atoms with Crippen molar-refractivity contribution in [1.29, 1.82) is 0 Å². The number of unbranched alkanes of at least 4 members (excludes halogenated alkanes) is 2. The molecule has 0 saturated heterocycles. The van der Waals surface area contributed by atoms with Crippen molar-refractivity contribution >= 4 is 100 Å². The van der Waals surface area contributed by atoms with Crippen LogP contribution in [0.5, 0.6) is 69.0 Å². The quantitative estimate of drug-likeness (QED) is 0.0217. The van der Waals surface area contributed by atoms with Crippen molar-refractivity contribution in [3.8, 4) is 69.0 Å². The first kappa shape index (κ1) is 79.1. The first-order chi connectivity index (χ1) is 58.7. The van der Waals surface area contributed by atoms with Crippen LogP contribution in [0.1, 0.15) is 187 Å². The molecule has 4 saturated carbocycles. The van der Waals surface area contributed by atoms with Crippen LogP contribution in [0.2, 0.25) is 0 Å². The van der Waals surface area contributed by atoms with Crippen LogP contribution in [0.15, 0.2) is 164 Å². The van der Waals surface area contributed by atoms with Crippen molar-refractivity contribution in [2.45, 2.75) is 123 Å². The molecule has 4 fully saturated rings. The van der Waals surface area contributed by atoms with Gasteiger partial charge in [-0.1, -0.05) is 24.6 Å². The van der Waals surface area contributed by atoms with Gasteiger partial charge in [0.25, 0.3) is 0 Å². The van der Waals surface area contributed by atoms with Crippen molar-refractivity contribution < 1.29 is 129 Å². The Labute approximate surface area is 697 Å². The van der Waals surface area contributed by atoms with Gasteiger partial charge in [-0.25, -0.2) is 14.4 Å². The normalized spacial score (nSPS) is 20.3. The van der Waals surface area contributed by atoms with Gasteiger partial charge in [0.2, 0.25) is 23.6 Å². The highest BCUT2D eigenvalue weighted by Gasteiger charge is 2.76. The van der Waals surface area contributed by atoms with E-state index in [0.29, 0.717) is 46.2 Å². The van der Waals surface area contributed by atoms with Crippen molar-refractivity contribution in [3.05, 3.63) is 231 Å². The number of carbonyl (C=O) groups excluding carboxylic acids is 13. The van der Waals surface area contributed by atoms with Crippen LogP contribution < -0.4 is 63.9 Å². The number of nitrogens with one attached hydrogen (secondary N) is 4. The Bertz CT molecular complexity index is 5550. The predicted molar refractivity (Wildman–Crippen MR) is 424 cm³/mol. The molecule has 6 aliphatic heterocycles. The third-order valence-corrected chi connectivity index (χ3v) is 23.9. The number of amides is 4. The molecule has 31 heteroatoms. The van der Waals surface area contributed by atoms with Gasteiger partial charge in [0.15, 0.2) is 16.8 Å². The van der Waals surface area contributed by atoms with Crippen LogP contribution in [-0.4, -0.2) is 95.0 Å². The molecule has 622 valence electrons. The molecule has 0 aromatic heterocycles. The standard InChI is InChI=1S/C92H72N4O27/c1-45(97)112-54-14-23-66-72(33-54)118-73-34-55(113-46(2)98)15-24-67(73)90(66)63-20-11-51(30-60(63)79(105)121-90)94-83(109)87-39-86(82(108)93-29-9-7-8-10-78(103)104)40-88(42-87,84(110)95-52-12-21-64-61(31-52)80(106)122-91(64)68-25-16-56(114-47(3)99)35-74(68)119-75-36-57(115-48(4)100)17-26-69(75)91)44-89(41-86,43-87)85(111)96-53-13-22-65-62(32-53)81(107)123-92(65)70-27-18-58(116-49(5)101)37-76(70)120-77-38-59(117-50(6)102)19-28-71(77)92/h11-28,30-38H,7-10,29,39-44H2,1-6H3,(H,93,108)(H,94,109)(H,95,110)(H,96,111)(H,103,104). The molecule has 3 spiro atoms. The summed E-state index contributed by atoms with van der Waals surface area (Å²) in [4.78, 5) is 195. The monoisotopic (exact) mass is 1660 g/mol. The van der Waals surface area contributed by atoms with Gasteiger partial charge in [-0.3, -0.25) is 52.7 Å². The smallest absolute Gasteiger partial charge is 0.340 e. The van der Waals surface area contributed by atoms with E-state index in [1.54, 1.807) is 54.6 Å². The average Bonchev–Trinajstić information content (AvgIpc) is 1.35. The summed E-state index contributed by atoms with van der Waals surface area (Å²) in [6.07, 6.45) is -0.900. The average molecular weight is 1670 g/mol. The number of anilines is 3. The van der Waals surface area contributed by atoms with Gasteiger partial charge in [-0.2, -0.15) is 0 Å². The van der Waals surface area contributed by atoms with Crippen LogP contribution in [0.3, 0.4) is 0 Å². The Morgan fingerprint density at radius 3 is 0.780 bits per heavy atom. The number of hydrogen-bond donors (Lipinski definition) is 5. The van der Waals surface area contributed by atoms with Gasteiger partial charge < -0.3 is 83.2 Å². The number of fused-ring (bicyclic) bond motifs is 18. The lowest BCUT2D eigenvalue weighted by atomic mass is 9.34. The molecule has 6 heterocycles. The molecule has 5 N–H and O–H groups in total. The summed E-state index contributed by atoms with van der Waals surface area (Å²) in [6.45, 7) is 7.29. The number of carboxylic acids is 1. The number of benzene rings is 9. The van der Waals surface area contributed by atoms with Crippen LogP contribution >= 0.6 is 0 Å².